The average molecular weight is 497 g/mol. The highest BCUT2D eigenvalue weighted by atomic mass is 32.2. The molecule has 0 bridgehead atoms. The number of carbonyl (C=O) groups is 1. The summed E-state index contributed by atoms with van der Waals surface area (Å²) in [7, 11) is -3.86. The van der Waals surface area contributed by atoms with Crippen molar-refractivity contribution in [3.8, 4) is 0 Å². The van der Waals surface area contributed by atoms with Gasteiger partial charge in [-0.2, -0.15) is 17.5 Å². The molecule has 0 aliphatic carbocycles. The van der Waals surface area contributed by atoms with E-state index in [1.165, 1.54) is 4.31 Å². The predicted molar refractivity (Wildman–Crippen MR) is 120 cm³/mol. The molecule has 4 rings (SSSR count). The molecule has 1 N–H and O–H groups in total. The van der Waals surface area contributed by atoms with Gasteiger partial charge in [-0.05, 0) is 74.6 Å². The first-order chi connectivity index (χ1) is 16.0. The van der Waals surface area contributed by atoms with Crippen LogP contribution in [-0.2, 0) is 20.9 Å². The molecule has 3 atom stereocenters. The zero-order chi connectivity index (χ0) is 24.7. The van der Waals surface area contributed by atoms with E-state index in [2.05, 4.69) is 5.32 Å². The average Bonchev–Trinajstić information content (AvgIpc) is 3.45. The summed E-state index contributed by atoms with van der Waals surface area (Å²) >= 11 is 0. The van der Waals surface area contributed by atoms with Crippen molar-refractivity contribution < 1.29 is 31.1 Å². The molecule has 1 unspecified atom stereocenters. The molecule has 34 heavy (non-hydrogen) atoms. The van der Waals surface area contributed by atoms with Gasteiger partial charge < -0.3 is 10.1 Å². The van der Waals surface area contributed by atoms with Crippen LogP contribution in [0, 0.1) is 13.8 Å². The molecule has 184 valence electrons. The maximum absolute atomic E-state index is 13.7. The summed E-state index contributed by atoms with van der Waals surface area (Å²) in [4.78, 5) is 13.0. The van der Waals surface area contributed by atoms with E-state index >= 15 is 0 Å². The number of aryl methyl sites for hydroxylation is 2. The van der Waals surface area contributed by atoms with Crippen LogP contribution >= 0.6 is 0 Å². The largest absolute Gasteiger partial charge is 0.416 e. The summed E-state index contributed by atoms with van der Waals surface area (Å²) in [6.45, 7) is 4.19. The molecule has 2 heterocycles. The van der Waals surface area contributed by atoms with Crippen molar-refractivity contribution in [1.82, 2.24) is 9.62 Å². The zero-order valence-electron chi connectivity index (χ0n) is 18.9. The van der Waals surface area contributed by atoms with Crippen LogP contribution in [0.25, 0.3) is 0 Å². The van der Waals surface area contributed by atoms with Gasteiger partial charge in [-0.25, -0.2) is 8.42 Å². The minimum Gasteiger partial charge on any atom is -0.377 e. The number of halogens is 3. The third kappa shape index (κ3) is 4.99. The van der Waals surface area contributed by atoms with Gasteiger partial charge in [0.25, 0.3) is 5.91 Å². The molecule has 2 aromatic rings. The van der Waals surface area contributed by atoms with Crippen LogP contribution in [0.5, 0.6) is 0 Å². The molecule has 1 amide bonds. The Morgan fingerprint density at radius 2 is 1.82 bits per heavy atom. The van der Waals surface area contributed by atoms with Crippen LogP contribution in [0.4, 0.5) is 13.2 Å². The van der Waals surface area contributed by atoms with Crippen LogP contribution in [0.3, 0.4) is 0 Å². The van der Waals surface area contributed by atoms with Gasteiger partial charge in [0.05, 0.1) is 22.6 Å². The van der Waals surface area contributed by atoms with E-state index in [1.807, 2.05) is 13.0 Å². The number of hydrogen-bond acceptors (Lipinski definition) is 4. The van der Waals surface area contributed by atoms with Gasteiger partial charge in [-0.15, -0.1) is 0 Å². The standard InChI is InChI=1S/C24H27F3N2O4S/c1-15-5-6-16(2)22(12-15)34(31,32)29-14-19(13-20(29)21-4-3-11-33-21)28-23(30)17-7-9-18(10-8-17)24(25,26)27/h5-10,12,19-21H,3-4,11,13-14H2,1-2H3,(H,28,30)/t19-,20-,21?/m0/s1. The molecule has 0 aromatic heterocycles. The molecule has 0 saturated carbocycles. The van der Waals surface area contributed by atoms with Crippen molar-refractivity contribution in [1.29, 1.82) is 0 Å². The van der Waals surface area contributed by atoms with E-state index in [0.717, 1.165) is 42.7 Å². The summed E-state index contributed by atoms with van der Waals surface area (Å²) in [5.41, 5.74) is 0.699. The first kappa shape index (κ1) is 24.7. The summed E-state index contributed by atoms with van der Waals surface area (Å²) < 4.78 is 73.0. The molecule has 2 fully saturated rings. The molecule has 0 radical (unpaired) electrons. The van der Waals surface area contributed by atoms with Gasteiger partial charge in [-0.3, -0.25) is 4.79 Å². The van der Waals surface area contributed by atoms with E-state index in [1.54, 1.807) is 19.1 Å². The van der Waals surface area contributed by atoms with E-state index in [0.29, 0.717) is 18.6 Å². The molecule has 2 aliphatic rings. The fourth-order valence-electron chi connectivity index (χ4n) is 4.65. The monoisotopic (exact) mass is 496 g/mol. The second-order valence-electron chi connectivity index (χ2n) is 8.94. The highest BCUT2D eigenvalue weighted by Gasteiger charge is 2.46. The first-order valence-electron chi connectivity index (χ1n) is 11.2. The fraction of sp³-hybridized carbons (Fsp3) is 0.458. The Kier molecular flexibility index (Phi) is 6.76. The maximum Gasteiger partial charge on any atom is 0.416 e. The Bertz CT molecular complexity index is 1160. The number of amides is 1. The summed E-state index contributed by atoms with van der Waals surface area (Å²) in [6, 6.07) is 8.28. The maximum atomic E-state index is 13.7. The Hall–Kier alpha value is -2.43. The van der Waals surface area contributed by atoms with Gasteiger partial charge in [0, 0.05) is 24.8 Å². The summed E-state index contributed by atoms with van der Waals surface area (Å²) in [5, 5.41) is 2.80. The molecule has 10 heteroatoms. The van der Waals surface area contributed by atoms with Crippen molar-refractivity contribution in [2.75, 3.05) is 13.2 Å². The third-order valence-electron chi connectivity index (χ3n) is 6.43. The number of nitrogens with one attached hydrogen (secondary N) is 1. The molecular formula is C24H27F3N2O4S. The SMILES string of the molecule is Cc1ccc(C)c(S(=O)(=O)N2C[C@@H](NC(=O)c3ccc(C(F)(F)F)cc3)C[C@H]2C2CCCO2)c1. The van der Waals surface area contributed by atoms with E-state index in [4.69, 9.17) is 4.74 Å². The number of alkyl halides is 3. The number of hydrogen-bond donors (Lipinski definition) is 1. The quantitative estimate of drug-likeness (QED) is 0.678. The van der Waals surface area contributed by atoms with Crippen molar-refractivity contribution in [3.05, 3.63) is 64.7 Å². The van der Waals surface area contributed by atoms with Crippen LogP contribution in [0.1, 0.15) is 46.3 Å². The fourth-order valence-corrected chi connectivity index (χ4v) is 6.67. The van der Waals surface area contributed by atoms with Gasteiger partial charge in [-0.1, -0.05) is 12.1 Å². The smallest absolute Gasteiger partial charge is 0.377 e. The molecule has 0 spiro atoms. The molecule has 2 aromatic carbocycles. The predicted octanol–water partition coefficient (Wildman–Crippen LogP) is 4.06. The van der Waals surface area contributed by atoms with Gasteiger partial charge >= 0.3 is 6.18 Å². The Morgan fingerprint density at radius 3 is 2.44 bits per heavy atom. The van der Waals surface area contributed by atoms with Crippen LogP contribution in [-0.4, -0.2) is 50.0 Å². The van der Waals surface area contributed by atoms with Gasteiger partial charge in [0.2, 0.25) is 10.0 Å². The van der Waals surface area contributed by atoms with Crippen molar-refractivity contribution in [2.24, 2.45) is 0 Å². The first-order valence-corrected chi connectivity index (χ1v) is 12.6. The van der Waals surface area contributed by atoms with E-state index < -0.39 is 39.8 Å². The number of benzene rings is 2. The molecule has 6 nitrogen and oxygen atoms in total. The van der Waals surface area contributed by atoms with E-state index in [-0.39, 0.29) is 23.1 Å². The lowest BCUT2D eigenvalue weighted by molar-refractivity contribution is -0.137. The third-order valence-corrected chi connectivity index (χ3v) is 8.46. The lowest BCUT2D eigenvalue weighted by Gasteiger charge is -2.28. The normalized spacial score (nSPS) is 23.9. The highest BCUT2D eigenvalue weighted by Crippen LogP contribution is 2.34. The summed E-state index contributed by atoms with van der Waals surface area (Å²) in [6.07, 6.45) is -2.84. The number of ether oxygens (including phenoxy) is 1. The van der Waals surface area contributed by atoms with Crippen molar-refractivity contribution in [2.45, 2.75) is 62.4 Å². The lowest BCUT2D eigenvalue weighted by atomic mass is 10.0. The van der Waals surface area contributed by atoms with Crippen molar-refractivity contribution in [3.63, 3.8) is 0 Å². The Labute approximate surface area is 197 Å². The minimum atomic E-state index is -4.49. The lowest BCUT2D eigenvalue weighted by Crippen LogP contribution is -2.43. The minimum absolute atomic E-state index is 0.0621. The topological polar surface area (TPSA) is 75.7 Å². The molecule has 2 aliphatic heterocycles. The number of nitrogens with zero attached hydrogens (tertiary/aromatic N) is 1. The van der Waals surface area contributed by atoms with Crippen LogP contribution in [0.15, 0.2) is 47.4 Å². The van der Waals surface area contributed by atoms with Crippen molar-refractivity contribution >= 4 is 15.9 Å². The molecular weight excluding hydrogens is 469 g/mol. The number of carbonyl (C=O) groups excluding carboxylic acids is 1. The van der Waals surface area contributed by atoms with Gasteiger partial charge in [0.1, 0.15) is 0 Å². The van der Waals surface area contributed by atoms with Gasteiger partial charge in [0.15, 0.2) is 0 Å². The van der Waals surface area contributed by atoms with Crippen LogP contribution < -0.4 is 5.32 Å². The zero-order valence-corrected chi connectivity index (χ0v) is 19.7. The Morgan fingerprint density at radius 1 is 1.12 bits per heavy atom. The summed E-state index contributed by atoms with van der Waals surface area (Å²) in [5.74, 6) is -0.546. The molecule has 2 saturated heterocycles. The number of rotatable bonds is 5. The highest BCUT2D eigenvalue weighted by molar-refractivity contribution is 7.89. The second kappa shape index (κ2) is 9.31. The Balaban J connectivity index is 1.56. The number of sulfonamides is 1. The van der Waals surface area contributed by atoms with E-state index in [9.17, 15) is 26.4 Å². The second-order valence-corrected chi connectivity index (χ2v) is 10.8. The van der Waals surface area contributed by atoms with Crippen LogP contribution in [0.2, 0.25) is 0 Å².